The highest BCUT2D eigenvalue weighted by atomic mass is 32.2. The lowest BCUT2D eigenvalue weighted by atomic mass is 10.1. The van der Waals surface area contributed by atoms with Crippen LogP contribution in [0.3, 0.4) is 0 Å². The molecule has 5 nitrogen and oxygen atoms in total. The first-order valence-corrected chi connectivity index (χ1v) is 8.97. The summed E-state index contributed by atoms with van der Waals surface area (Å²) in [6.45, 7) is 7.16. The van der Waals surface area contributed by atoms with Crippen LogP contribution in [0.1, 0.15) is 46.3 Å². The molecule has 1 aromatic heterocycles. The molecule has 1 aromatic carbocycles. The van der Waals surface area contributed by atoms with E-state index in [0.29, 0.717) is 17.1 Å². The van der Waals surface area contributed by atoms with Gasteiger partial charge < -0.3 is 4.42 Å². The molecule has 23 heavy (non-hydrogen) atoms. The molecule has 0 aliphatic carbocycles. The number of hydrogen-bond donors (Lipinski definition) is 1. The van der Waals surface area contributed by atoms with Crippen LogP contribution in [0.4, 0.5) is 0 Å². The Balaban J connectivity index is 2.25. The first-order valence-electron chi connectivity index (χ1n) is 7.49. The number of rotatable bonds is 5. The number of furan rings is 1. The van der Waals surface area contributed by atoms with E-state index in [4.69, 9.17) is 4.42 Å². The van der Waals surface area contributed by atoms with Crippen LogP contribution in [0.15, 0.2) is 33.6 Å². The van der Waals surface area contributed by atoms with Crippen LogP contribution in [0, 0.1) is 20.8 Å². The van der Waals surface area contributed by atoms with Gasteiger partial charge in [0, 0.05) is 5.56 Å². The van der Waals surface area contributed by atoms with Gasteiger partial charge in [-0.05, 0) is 44.9 Å². The molecule has 1 N–H and O–H groups in total. The van der Waals surface area contributed by atoms with Crippen LogP contribution in [-0.2, 0) is 16.4 Å². The summed E-state index contributed by atoms with van der Waals surface area (Å²) >= 11 is 0. The van der Waals surface area contributed by atoms with Crippen molar-refractivity contribution in [3.8, 4) is 0 Å². The summed E-state index contributed by atoms with van der Waals surface area (Å²) in [5.41, 5.74) is 1.98. The average Bonchev–Trinajstić information content (AvgIpc) is 2.72. The molecule has 0 saturated carbocycles. The fraction of sp³-hybridized carbons (Fsp3) is 0.353. The highest BCUT2D eigenvalue weighted by Crippen LogP contribution is 2.21. The molecule has 6 heteroatoms. The van der Waals surface area contributed by atoms with Gasteiger partial charge in [0.2, 0.25) is 0 Å². The Kier molecular flexibility index (Phi) is 4.94. The van der Waals surface area contributed by atoms with Gasteiger partial charge in [0.25, 0.3) is 15.9 Å². The van der Waals surface area contributed by atoms with Crippen molar-refractivity contribution in [1.82, 2.24) is 4.72 Å². The van der Waals surface area contributed by atoms with Crippen molar-refractivity contribution in [3.05, 3.63) is 52.5 Å². The first-order chi connectivity index (χ1) is 10.8. The van der Waals surface area contributed by atoms with E-state index >= 15 is 0 Å². The van der Waals surface area contributed by atoms with Gasteiger partial charge in [-0.1, -0.05) is 25.5 Å². The van der Waals surface area contributed by atoms with Gasteiger partial charge in [-0.2, -0.15) is 0 Å². The fourth-order valence-corrected chi connectivity index (χ4v) is 3.44. The zero-order chi connectivity index (χ0) is 17.2. The average molecular weight is 335 g/mol. The van der Waals surface area contributed by atoms with Crippen molar-refractivity contribution in [1.29, 1.82) is 0 Å². The van der Waals surface area contributed by atoms with E-state index in [9.17, 15) is 13.2 Å². The Morgan fingerprint density at radius 2 is 1.70 bits per heavy atom. The number of benzene rings is 1. The molecule has 2 rings (SSSR count). The highest BCUT2D eigenvalue weighted by molar-refractivity contribution is 7.90. The molecule has 0 bridgehead atoms. The summed E-state index contributed by atoms with van der Waals surface area (Å²) in [6, 6.07) is 6.56. The van der Waals surface area contributed by atoms with E-state index in [1.165, 1.54) is 12.1 Å². The number of sulfonamides is 1. The smallest absolute Gasteiger partial charge is 0.268 e. The predicted molar refractivity (Wildman–Crippen MR) is 88.0 cm³/mol. The van der Waals surface area contributed by atoms with E-state index in [1.807, 2.05) is 0 Å². The van der Waals surface area contributed by atoms with Crippen molar-refractivity contribution >= 4 is 15.9 Å². The summed E-state index contributed by atoms with van der Waals surface area (Å²) in [5.74, 6) is 0.342. The normalized spacial score (nSPS) is 11.5. The van der Waals surface area contributed by atoms with E-state index in [1.54, 1.807) is 32.9 Å². The molecule has 0 radical (unpaired) electrons. The quantitative estimate of drug-likeness (QED) is 0.910. The molecule has 0 fully saturated rings. The molecule has 0 saturated heterocycles. The molecule has 1 amide bonds. The van der Waals surface area contributed by atoms with Gasteiger partial charge in [-0.3, -0.25) is 4.79 Å². The van der Waals surface area contributed by atoms with E-state index in [2.05, 4.69) is 11.6 Å². The van der Waals surface area contributed by atoms with Crippen molar-refractivity contribution < 1.29 is 17.6 Å². The second-order valence-corrected chi connectivity index (χ2v) is 7.23. The maximum Gasteiger partial charge on any atom is 0.268 e. The monoisotopic (exact) mass is 335 g/mol. The molecular weight excluding hydrogens is 314 g/mol. The zero-order valence-electron chi connectivity index (χ0n) is 13.8. The van der Waals surface area contributed by atoms with Crippen LogP contribution >= 0.6 is 0 Å². The van der Waals surface area contributed by atoms with E-state index in [0.717, 1.165) is 18.4 Å². The molecular formula is C17H21NO4S. The minimum atomic E-state index is -3.90. The number of carbonyl (C=O) groups excluding carboxylic acids is 1. The van der Waals surface area contributed by atoms with Gasteiger partial charge in [0.1, 0.15) is 11.5 Å². The fourth-order valence-electron chi connectivity index (χ4n) is 2.48. The summed E-state index contributed by atoms with van der Waals surface area (Å²) < 4.78 is 32.2. The Labute approximate surface area is 136 Å². The van der Waals surface area contributed by atoms with Gasteiger partial charge in [0.15, 0.2) is 0 Å². The lowest BCUT2D eigenvalue weighted by molar-refractivity contribution is 0.0979. The van der Waals surface area contributed by atoms with Gasteiger partial charge in [0.05, 0.1) is 10.5 Å². The maximum atomic E-state index is 12.4. The summed E-state index contributed by atoms with van der Waals surface area (Å²) in [6.07, 6.45) is 1.88. The highest BCUT2D eigenvalue weighted by Gasteiger charge is 2.24. The number of nitrogens with one attached hydrogen (secondary N) is 1. The van der Waals surface area contributed by atoms with Crippen LogP contribution in [0.2, 0.25) is 0 Å². The van der Waals surface area contributed by atoms with Crippen molar-refractivity contribution in [2.45, 2.75) is 45.4 Å². The minimum absolute atomic E-state index is 0.0706. The lowest BCUT2D eigenvalue weighted by Gasteiger charge is -2.08. The molecule has 1 heterocycles. The molecule has 0 aliphatic heterocycles. The van der Waals surface area contributed by atoms with Gasteiger partial charge in [-0.15, -0.1) is 0 Å². The lowest BCUT2D eigenvalue weighted by Crippen LogP contribution is -2.31. The third-order valence-electron chi connectivity index (χ3n) is 3.79. The standard InChI is InChI=1S/C17H21NO4S/c1-5-6-14-7-9-15(10-8-14)23(20,21)18-17(19)16-11(2)12(3)22-13(16)4/h7-10H,5-6H2,1-4H3,(H,18,19). The third kappa shape index (κ3) is 3.64. The third-order valence-corrected chi connectivity index (χ3v) is 5.13. The van der Waals surface area contributed by atoms with Crippen molar-refractivity contribution in [3.63, 3.8) is 0 Å². The number of hydrogen-bond acceptors (Lipinski definition) is 4. The van der Waals surface area contributed by atoms with E-state index in [-0.39, 0.29) is 10.5 Å². The zero-order valence-corrected chi connectivity index (χ0v) is 14.6. The number of carbonyl (C=O) groups is 1. The molecule has 0 aliphatic rings. The molecule has 0 unspecified atom stereocenters. The number of amides is 1. The Morgan fingerprint density at radius 1 is 1.09 bits per heavy atom. The van der Waals surface area contributed by atoms with Crippen LogP contribution < -0.4 is 4.72 Å². The largest absolute Gasteiger partial charge is 0.466 e. The minimum Gasteiger partial charge on any atom is -0.466 e. The van der Waals surface area contributed by atoms with Gasteiger partial charge >= 0.3 is 0 Å². The molecule has 0 atom stereocenters. The summed E-state index contributed by atoms with van der Waals surface area (Å²) in [7, 11) is -3.90. The Morgan fingerprint density at radius 3 is 2.17 bits per heavy atom. The second-order valence-electron chi connectivity index (χ2n) is 5.54. The Bertz CT molecular complexity index is 817. The summed E-state index contributed by atoms with van der Waals surface area (Å²) in [4.78, 5) is 12.4. The van der Waals surface area contributed by atoms with Crippen LogP contribution in [-0.4, -0.2) is 14.3 Å². The van der Waals surface area contributed by atoms with E-state index < -0.39 is 15.9 Å². The first kappa shape index (κ1) is 17.3. The van der Waals surface area contributed by atoms with Crippen LogP contribution in [0.25, 0.3) is 0 Å². The topological polar surface area (TPSA) is 76.4 Å². The Hall–Kier alpha value is -2.08. The van der Waals surface area contributed by atoms with Crippen molar-refractivity contribution in [2.24, 2.45) is 0 Å². The SMILES string of the molecule is CCCc1ccc(S(=O)(=O)NC(=O)c2c(C)oc(C)c2C)cc1. The van der Waals surface area contributed by atoms with Gasteiger partial charge in [-0.25, -0.2) is 13.1 Å². The molecule has 124 valence electrons. The van der Waals surface area contributed by atoms with Crippen LogP contribution in [0.5, 0.6) is 0 Å². The summed E-state index contributed by atoms with van der Waals surface area (Å²) in [5, 5.41) is 0. The number of aryl methyl sites for hydroxylation is 3. The molecule has 2 aromatic rings. The van der Waals surface area contributed by atoms with Crippen molar-refractivity contribution in [2.75, 3.05) is 0 Å². The second kappa shape index (κ2) is 6.58. The predicted octanol–water partition coefficient (Wildman–Crippen LogP) is 3.28. The maximum absolute atomic E-state index is 12.4. The molecule has 0 spiro atoms.